The molecular formula is C21H24F3N3O6S. The fourth-order valence-electron chi connectivity index (χ4n) is 3.95. The molecule has 2 saturated heterocycles. The van der Waals surface area contributed by atoms with Crippen LogP contribution in [0.3, 0.4) is 0 Å². The average Bonchev–Trinajstić information content (AvgIpc) is 3.43. The third-order valence-corrected chi connectivity index (χ3v) is 6.29. The fourth-order valence-corrected chi connectivity index (χ4v) is 4.64. The van der Waals surface area contributed by atoms with Crippen LogP contribution in [0.15, 0.2) is 17.5 Å². The standard InChI is InChI=1S/C21H24F3N3O6S/c1-3-29-18-15(30-8-9-32-21(22,23)24)5-4-14(26-18)19(28)27-7-6-20(16-11-34-13(2)25-16)17(10-27)31-12-33-20/h4-5,11,17H,3,6-10,12H2,1-2H3/t17-,20-/m1/s1. The van der Waals surface area contributed by atoms with E-state index in [1.807, 2.05) is 12.3 Å². The molecule has 0 radical (unpaired) electrons. The lowest BCUT2D eigenvalue weighted by atomic mass is 9.86. The van der Waals surface area contributed by atoms with E-state index in [9.17, 15) is 18.0 Å². The van der Waals surface area contributed by atoms with Crippen molar-refractivity contribution >= 4 is 17.2 Å². The highest BCUT2D eigenvalue weighted by Gasteiger charge is 2.52. The van der Waals surface area contributed by atoms with E-state index in [1.54, 1.807) is 11.8 Å². The van der Waals surface area contributed by atoms with Gasteiger partial charge in [-0.15, -0.1) is 24.5 Å². The van der Waals surface area contributed by atoms with Gasteiger partial charge in [-0.3, -0.25) is 9.53 Å². The molecule has 2 aliphatic rings. The van der Waals surface area contributed by atoms with E-state index in [-0.39, 0.29) is 49.3 Å². The Kier molecular flexibility index (Phi) is 7.26. The quantitative estimate of drug-likeness (QED) is 0.507. The summed E-state index contributed by atoms with van der Waals surface area (Å²) in [5.41, 5.74) is 0.261. The minimum absolute atomic E-state index is 0.0186. The molecule has 1 amide bonds. The van der Waals surface area contributed by atoms with Crippen molar-refractivity contribution in [3.05, 3.63) is 33.9 Å². The summed E-state index contributed by atoms with van der Waals surface area (Å²) in [6.45, 7) is 3.65. The number of fused-ring (bicyclic) bond motifs is 1. The maximum atomic E-state index is 13.2. The van der Waals surface area contributed by atoms with Gasteiger partial charge in [-0.2, -0.15) is 0 Å². The van der Waals surface area contributed by atoms with Crippen LogP contribution >= 0.6 is 11.3 Å². The van der Waals surface area contributed by atoms with Crippen LogP contribution in [-0.2, 0) is 19.8 Å². The lowest BCUT2D eigenvalue weighted by Gasteiger charge is -2.40. The van der Waals surface area contributed by atoms with Crippen molar-refractivity contribution in [1.29, 1.82) is 0 Å². The predicted octanol–water partition coefficient (Wildman–Crippen LogP) is 3.27. The number of aromatic nitrogens is 2. The summed E-state index contributed by atoms with van der Waals surface area (Å²) in [5, 5.41) is 2.89. The van der Waals surface area contributed by atoms with Crippen molar-refractivity contribution in [3.63, 3.8) is 0 Å². The first-order valence-corrected chi connectivity index (χ1v) is 11.5. The zero-order valence-electron chi connectivity index (χ0n) is 18.6. The molecule has 0 aliphatic carbocycles. The summed E-state index contributed by atoms with van der Waals surface area (Å²) >= 11 is 1.53. The Morgan fingerprint density at radius 2 is 2.12 bits per heavy atom. The summed E-state index contributed by atoms with van der Waals surface area (Å²) in [6, 6.07) is 2.89. The van der Waals surface area contributed by atoms with Crippen LogP contribution in [0.5, 0.6) is 11.6 Å². The van der Waals surface area contributed by atoms with Gasteiger partial charge in [-0.1, -0.05) is 0 Å². The third-order valence-electron chi connectivity index (χ3n) is 5.52. The minimum Gasteiger partial charge on any atom is -0.486 e. The van der Waals surface area contributed by atoms with Gasteiger partial charge in [-0.05, 0) is 26.0 Å². The molecule has 0 bridgehead atoms. The Labute approximate surface area is 197 Å². The van der Waals surface area contributed by atoms with Gasteiger partial charge in [0, 0.05) is 18.3 Å². The average molecular weight is 503 g/mol. The number of rotatable bonds is 8. The second-order valence-electron chi connectivity index (χ2n) is 7.64. The number of ether oxygens (including phenoxy) is 5. The molecule has 2 aromatic rings. The molecule has 4 heterocycles. The fraction of sp³-hybridized carbons (Fsp3) is 0.571. The number of amides is 1. The highest BCUT2D eigenvalue weighted by Crippen LogP contribution is 2.43. The number of carbonyl (C=O) groups is 1. The van der Waals surface area contributed by atoms with Crippen molar-refractivity contribution in [3.8, 4) is 11.6 Å². The Hall–Kier alpha value is -2.48. The van der Waals surface area contributed by atoms with Crippen molar-refractivity contribution in [2.24, 2.45) is 0 Å². The van der Waals surface area contributed by atoms with E-state index in [1.165, 1.54) is 23.5 Å². The number of likely N-dealkylation sites (tertiary alicyclic amines) is 1. The Morgan fingerprint density at radius 3 is 2.82 bits per heavy atom. The molecular weight excluding hydrogens is 479 g/mol. The zero-order chi connectivity index (χ0) is 24.3. The number of piperidine rings is 1. The van der Waals surface area contributed by atoms with E-state index < -0.39 is 18.6 Å². The molecule has 9 nitrogen and oxygen atoms in total. The first kappa shape index (κ1) is 24.6. The number of hydrogen-bond donors (Lipinski definition) is 0. The van der Waals surface area contributed by atoms with Crippen LogP contribution in [0.2, 0.25) is 0 Å². The molecule has 13 heteroatoms. The molecule has 34 heavy (non-hydrogen) atoms. The number of alkyl halides is 3. The van der Waals surface area contributed by atoms with Crippen molar-refractivity contribution in [2.45, 2.75) is 38.3 Å². The van der Waals surface area contributed by atoms with Crippen molar-refractivity contribution in [2.75, 3.05) is 39.7 Å². The zero-order valence-corrected chi connectivity index (χ0v) is 19.4. The van der Waals surface area contributed by atoms with E-state index in [0.29, 0.717) is 19.5 Å². The lowest BCUT2D eigenvalue weighted by molar-refractivity contribution is -0.325. The summed E-state index contributed by atoms with van der Waals surface area (Å²) in [6.07, 6.45) is -4.58. The second-order valence-corrected chi connectivity index (χ2v) is 8.70. The summed E-state index contributed by atoms with van der Waals surface area (Å²) < 4.78 is 62.6. The number of halogens is 3. The minimum atomic E-state index is -4.74. The monoisotopic (exact) mass is 503 g/mol. The molecule has 2 aliphatic heterocycles. The van der Waals surface area contributed by atoms with Crippen LogP contribution in [0.1, 0.15) is 34.5 Å². The van der Waals surface area contributed by atoms with Crippen LogP contribution in [0, 0.1) is 6.92 Å². The SMILES string of the molecule is CCOc1nc(C(=O)N2CC[C@]3(c4csc(C)n4)OCO[C@@H]3C2)ccc1OCCOC(F)(F)F. The van der Waals surface area contributed by atoms with Crippen LogP contribution in [-0.4, -0.2) is 72.9 Å². The topological polar surface area (TPSA) is 92.2 Å². The van der Waals surface area contributed by atoms with Crippen LogP contribution in [0.4, 0.5) is 13.2 Å². The van der Waals surface area contributed by atoms with Gasteiger partial charge in [0.15, 0.2) is 5.75 Å². The Bertz CT molecular complexity index is 1020. The van der Waals surface area contributed by atoms with Crippen LogP contribution < -0.4 is 9.47 Å². The van der Waals surface area contributed by atoms with Gasteiger partial charge in [0.05, 0.1) is 30.5 Å². The van der Waals surface area contributed by atoms with E-state index >= 15 is 0 Å². The highest BCUT2D eigenvalue weighted by molar-refractivity contribution is 7.09. The Balaban J connectivity index is 1.44. The first-order chi connectivity index (χ1) is 16.2. The second kappa shape index (κ2) is 10.0. The van der Waals surface area contributed by atoms with E-state index in [0.717, 1.165) is 10.7 Å². The van der Waals surface area contributed by atoms with Gasteiger partial charge in [0.25, 0.3) is 11.8 Å². The van der Waals surface area contributed by atoms with Crippen molar-refractivity contribution < 1.29 is 41.7 Å². The number of aryl methyl sites for hydroxylation is 1. The molecule has 0 spiro atoms. The van der Waals surface area contributed by atoms with Gasteiger partial charge < -0.3 is 23.8 Å². The maximum absolute atomic E-state index is 13.2. The molecule has 186 valence electrons. The van der Waals surface area contributed by atoms with E-state index in [2.05, 4.69) is 14.7 Å². The molecule has 0 unspecified atom stereocenters. The Morgan fingerprint density at radius 1 is 1.29 bits per heavy atom. The molecule has 2 fully saturated rings. The normalized spacial score (nSPS) is 22.5. The van der Waals surface area contributed by atoms with Gasteiger partial charge in [0.2, 0.25) is 0 Å². The maximum Gasteiger partial charge on any atom is 0.522 e. The number of hydrogen-bond acceptors (Lipinski definition) is 9. The largest absolute Gasteiger partial charge is 0.522 e. The van der Waals surface area contributed by atoms with Gasteiger partial charge in [0.1, 0.15) is 30.8 Å². The number of thiazole rings is 1. The third kappa shape index (κ3) is 5.27. The van der Waals surface area contributed by atoms with Crippen LogP contribution in [0.25, 0.3) is 0 Å². The molecule has 2 aromatic heterocycles. The smallest absolute Gasteiger partial charge is 0.486 e. The summed E-state index contributed by atoms with van der Waals surface area (Å²) in [7, 11) is 0. The molecule has 0 saturated carbocycles. The summed E-state index contributed by atoms with van der Waals surface area (Å²) in [5.74, 6) is -0.190. The molecule has 2 atom stereocenters. The first-order valence-electron chi connectivity index (χ1n) is 10.7. The van der Waals surface area contributed by atoms with E-state index in [4.69, 9.17) is 18.9 Å². The lowest BCUT2D eigenvalue weighted by Crippen LogP contribution is -2.53. The highest BCUT2D eigenvalue weighted by atomic mass is 32.1. The van der Waals surface area contributed by atoms with Gasteiger partial charge >= 0.3 is 6.36 Å². The molecule has 0 N–H and O–H groups in total. The van der Waals surface area contributed by atoms with Gasteiger partial charge in [-0.25, -0.2) is 9.97 Å². The number of pyridine rings is 1. The number of carbonyl (C=O) groups excluding carboxylic acids is 1. The number of nitrogens with zero attached hydrogens (tertiary/aromatic N) is 3. The summed E-state index contributed by atoms with van der Waals surface area (Å²) in [4.78, 5) is 23.6. The molecule has 4 rings (SSSR count). The molecule has 0 aromatic carbocycles. The van der Waals surface area contributed by atoms with Crippen molar-refractivity contribution in [1.82, 2.24) is 14.9 Å². The predicted molar refractivity (Wildman–Crippen MR) is 113 cm³/mol.